The van der Waals surface area contributed by atoms with Crippen LogP contribution in [-0.2, 0) is 23.7 Å². The molecule has 0 spiro atoms. The van der Waals surface area contributed by atoms with Gasteiger partial charge in [0.1, 0.15) is 48.3 Å². The minimum Gasteiger partial charge on any atom is -0.394 e. The second-order valence-electron chi connectivity index (χ2n) is 20.6. The van der Waals surface area contributed by atoms with Crippen molar-refractivity contribution in [1.82, 2.24) is 0 Å². The highest BCUT2D eigenvalue weighted by Gasteiger charge is 2.74. The van der Waals surface area contributed by atoms with Crippen LogP contribution >= 0.6 is 0 Å². The van der Waals surface area contributed by atoms with Crippen molar-refractivity contribution >= 4 is 0 Å². The second-order valence-corrected chi connectivity index (χ2v) is 20.6. The van der Waals surface area contributed by atoms with Gasteiger partial charge in [0.05, 0.1) is 49.8 Å². The third-order valence-corrected chi connectivity index (χ3v) is 17.2. The van der Waals surface area contributed by atoms with Gasteiger partial charge in [-0.25, -0.2) is 0 Å². The van der Waals surface area contributed by atoms with E-state index in [1.165, 1.54) is 0 Å². The Kier molecular flexibility index (Phi) is 11.5. The molecular formula is C41H70O15. The Labute approximate surface area is 330 Å². The van der Waals surface area contributed by atoms with E-state index in [0.717, 1.165) is 12.8 Å². The topological polar surface area (TPSA) is 248 Å². The maximum atomic E-state index is 12.4. The summed E-state index contributed by atoms with van der Waals surface area (Å²) in [5.41, 5.74) is -3.99. The summed E-state index contributed by atoms with van der Waals surface area (Å²) >= 11 is 0. The van der Waals surface area contributed by atoms with Crippen LogP contribution in [0.4, 0.5) is 0 Å². The van der Waals surface area contributed by atoms with Crippen molar-refractivity contribution in [2.75, 3.05) is 19.8 Å². The molecule has 0 aromatic rings. The van der Waals surface area contributed by atoms with Gasteiger partial charge in [-0.1, -0.05) is 34.6 Å². The SMILES string of the molecule is CC(O)(CO)C1CC[C@@](C)(C2CC[C@]3(C)[C@@H]2[C@H](O)C[C@@H]2[C@@]4(C)CC[C@H](O)C(C)(C)[C@@H]4[C@@H](O[C@@H]4O[C@H](CO)[C@@H](O)[C@H](O)[C@H]4O[C@@H]4OC[C@@H](O)[C@H](O)[C@H]4O)C[C@]23C)O1. The summed E-state index contributed by atoms with van der Waals surface area (Å²) in [5.74, 6) is -0.434. The van der Waals surface area contributed by atoms with Crippen LogP contribution in [0.3, 0.4) is 0 Å². The normalized spacial score (nSPS) is 56.8. The Bertz CT molecular complexity index is 1420. The molecule has 7 fully saturated rings. The lowest BCUT2D eigenvalue weighted by molar-refractivity contribution is -0.377. The van der Waals surface area contributed by atoms with E-state index in [1.54, 1.807) is 6.92 Å². The van der Waals surface area contributed by atoms with Gasteiger partial charge in [0, 0.05) is 0 Å². The number of aliphatic hydroxyl groups excluding tert-OH is 9. The zero-order valence-corrected chi connectivity index (χ0v) is 34.1. The van der Waals surface area contributed by atoms with Gasteiger partial charge in [-0.3, -0.25) is 0 Å². The first kappa shape index (κ1) is 43.5. The van der Waals surface area contributed by atoms with E-state index in [1.807, 2.05) is 13.8 Å². The van der Waals surface area contributed by atoms with Crippen LogP contribution in [0.15, 0.2) is 0 Å². The monoisotopic (exact) mass is 802 g/mol. The summed E-state index contributed by atoms with van der Waals surface area (Å²) in [6.45, 7) is 13.2. The molecule has 3 unspecified atom stereocenters. The molecule has 0 radical (unpaired) electrons. The molecule has 3 saturated heterocycles. The summed E-state index contributed by atoms with van der Waals surface area (Å²) < 4.78 is 31.5. The van der Waals surface area contributed by atoms with E-state index in [2.05, 4.69) is 27.7 Å². The Morgan fingerprint density at radius 2 is 1.45 bits per heavy atom. The molecule has 15 nitrogen and oxygen atoms in total. The van der Waals surface area contributed by atoms with E-state index < -0.39 is 126 Å². The van der Waals surface area contributed by atoms with Crippen LogP contribution in [-0.4, -0.2) is 162 Å². The largest absolute Gasteiger partial charge is 0.394 e. The van der Waals surface area contributed by atoms with Crippen molar-refractivity contribution in [3.63, 3.8) is 0 Å². The Morgan fingerprint density at radius 1 is 0.750 bits per heavy atom. The molecule has 0 aromatic carbocycles. The maximum absolute atomic E-state index is 12.4. The van der Waals surface area contributed by atoms with Crippen molar-refractivity contribution in [2.24, 2.45) is 45.3 Å². The van der Waals surface area contributed by atoms with E-state index in [-0.39, 0.29) is 30.3 Å². The second kappa shape index (κ2) is 14.8. The quantitative estimate of drug-likeness (QED) is 0.145. The number of aliphatic hydroxyl groups is 10. The molecule has 0 bridgehead atoms. The van der Waals surface area contributed by atoms with Gasteiger partial charge in [0.25, 0.3) is 0 Å². The maximum Gasteiger partial charge on any atom is 0.187 e. The first-order valence-corrected chi connectivity index (χ1v) is 21.0. The third-order valence-electron chi connectivity index (χ3n) is 17.2. The molecule has 324 valence electrons. The smallest absolute Gasteiger partial charge is 0.187 e. The lowest BCUT2D eigenvalue weighted by Gasteiger charge is -2.72. The highest BCUT2D eigenvalue weighted by Crippen LogP contribution is 2.76. The number of fused-ring (bicyclic) bond motifs is 5. The summed E-state index contributed by atoms with van der Waals surface area (Å²) in [7, 11) is 0. The molecule has 22 atom stereocenters. The number of hydrogen-bond donors (Lipinski definition) is 10. The first-order valence-electron chi connectivity index (χ1n) is 21.0. The average Bonchev–Trinajstić information content (AvgIpc) is 3.74. The Hall–Kier alpha value is -0.600. The molecule has 4 saturated carbocycles. The van der Waals surface area contributed by atoms with Crippen molar-refractivity contribution in [3.8, 4) is 0 Å². The lowest BCUT2D eigenvalue weighted by atomic mass is 9.34. The molecule has 3 heterocycles. The third kappa shape index (κ3) is 6.48. The van der Waals surface area contributed by atoms with Gasteiger partial charge in [0.15, 0.2) is 12.6 Å². The fourth-order valence-corrected chi connectivity index (χ4v) is 13.9. The fourth-order valence-electron chi connectivity index (χ4n) is 13.9. The molecule has 7 aliphatic rings. The number of rotatable bonds is 8. The van der Waals surface area contributed by atoms with E-state index >= 15 is 0 Å². The lowest BCUT2D eigenvalue weighted by Crippen LogP contribution is -2.71. The molecule has 0 amide bonds. The van der Waals surface area contributed by atoms with Crippen molar-refractivity contribution in [1.29, 1.82) is 0 Å². The summed E-state index contributed by atoms with van der Waals surface area (Å²) in [4.78, 5) is 0. The van der Waals surface area contributed by atoms with Crippen molar-refractivity contribution in [2.45, 2.75) is 191 Å². The van der Waals surface area contributed by atoms with Crippen LogP contribution in [0, 0.1) is 45.3 Å². The molecule has 15 heteroatoms. The van der Waals surface area contributed by atoms with Gasteiger partial charge in [-0.2, -0.15) is 0 Å². The molecular weight excluding hydrogens is 732 g/mol. The predicted molar refractivity (Wildman–Crippen MR) is 197 cm³/mol. The highest BCUT2D eigenvalue weighted by atomic mass is 16.8. The minimum atomic E-state index is -1.69. The van der Waals surface area contributed by atoms with Gasteiger partial charge in [-0.05, 0) is 111 Å². The van der Waals surface area contributed by atoms with Gasteiger partial charge < -0.3 is 74.7 Å². The van der Waals surface area contributed by atoms with Crippen LogP contribution < -0.4 is 0 Å². The molecule has 7 rings (SSSR count). The van der Waals surface area contributed by atoms with Gasteiger partial charge >= 0.3 is 0 Å². The molecule has 56 heavy (non-hydrogen) atoms. The van der Waals surface area contributed by atoms with E-state index in [0.29, 0.717) is 38.5 Å². The van der Waals surface area contributed by atoms with Gasteiger partial charge in [0.2, 0.25) is 0 Å². The average molecular weight is 803 g/mol. The molecule has 3 aliphatic heterocycles. The van der Waals surface area contributed by atoms with E-state index in [4.69, 9.17) is 23.7 Å². The van der Waals surface area contributed by atoms with Crippen LogP contribution in [0.1, 0.15) is 99.8 Å². The molecule has 4 aliphatic carbocycles. The first-order chi connectivity index (χ1) is 26.0. The van der Waals surface area contributed by atoms with Gasteiger partial charge in [-0.15, -0.1) is 0 Å². The number of ether oxygens (including phenoxy) is 5. The summed E-state index contributed by atoms with van der Waals surface area (Å²) in [5, 5.41) is 109. The predicted octanol–water partition coefficient (Wildman–Crippen LogP) is -0.0575. The number of hydrogen-bond acceptors (Lipinski definition) is 15. The zero-order valence-electron chi connectivity index (χ0n) is 34.1. The zero-order chi connectivity index (χ0) is 41.1. The Morgan fingerprint density at radius 3 is 2.11 bits per heavy atom. The summed E-state index contributed by atoms with van der Waals surface area (Å²) in [6.07, 6.45) is -10.8. The highest BCUT2D eigenvalue weighted by molar-refractivity contribution is 5.22. The fraction of sp³-hybridized carbons (Fsp3) is 1.00. The Balaban J connectivity index is 1.25. The van der Waals surface area contributed by atoms with Crippen molar-refractivity contribution in [3.05, 3.63) is 0 Å². The summed E-state index contributed by atoms with van der Waals surface area (Å²) in [6, 6.07) is 0. The standard InChI is InChI=1S/C41H70O15/c1-36(2)25(46)9-11-37(3)24-14-20(44)27-19(41(7)13-10-26(56-41)40(6,51)18-43)8-12-38(27,4)39(24,5)15-22(33(36)37)53-35-32(30(49)29(48)23(16-42)54-35)55-34-31(50)28(47)21(45)17-52-34/h19-35,42-51H,8-18H2,1-7H3/t19?,20-,21-,22+,23-,24-,25+,26?,27+,28+,29-,30+,31-,32-,33+,34+,35-,37-,38-,39-,40?,41+/m1/s1. The molecule has 10 N–H and O–H groups in total. The van der Waals surface area contributed by atoms with Crippen LogP contribution in [0.25, 0.3) is 0 Å². The van der Waals surface area contributed by atoms with Crippen molar-refractivity contribution < 1.29 is 74.7 Å². The van der Waals surface area contributed by atoms with Crippen LogP contribution in [0.5, 0.6) is 0 Å². The van der Waals surface area contributed by atoms with E-state index in [9.17, 15) is 51.1 Å². The molecule has 0 aromatic heterocycles. The minimum absolute atomic E-state index is 0.0218. The van der Waals surface area contributed by atoms with Crippen LogP contribution in [0.2, 0.25) is 0 Å².